The van der Waals surface area contributed by atoms with E-state index in [2.05, 4.69) is 5.32 Å². The number of carboxylic acids is 1. The zero-order valence-corrected chi connectivity index (χ0v) is 12.1. The van der Waals surface area contributed by atoms with Gasteiger partial charge in [-0.15, -0.1) is 11.3 Å². The van der Waals surface area contributed by atoms with Gasteiger partial charge in [-0.3, -0.25) is 4.79 Å². The Kier molecular flexibility index (Phi) is 4.03. The summed E-state index contributed by atoms with van der Waals surface area (Å²) in [6, 6.07) is 11.5. The molecule has 0 amide bonds. The first-order valence-electron chi connectivity index (χ1n) is 6.68. The largest absolute Gasteiger partial charge is 0.481 e. The number of rotatable bonds is 6. The normalized spacial score (nSPS) is 12.6. The van der Waals surface area contributed by atoms with E-state index in [1.54, 1.807) is 17.6 Å². The van der Waals surface area contributed by atoms with Crippen LogP contribution in [-0.4, -0.2) is 11.1 Å². The molecule has 21 heavy (non-hydrogen) atoms. The number of para-hydroxylation sites is 1. The van der Waals surface area contributed by atoms with E-state index in [0.717, 1.165) is 21.4 Å². The van der Waals surface area contributed by atoms with Gasteiger partial charge in [-0.2, -0.15) is 0 Å². The zero-order valence-electron chi connectivity index (χ0n) is 11.3. The van der Waals surface area contributed by atoms with Crippen LogP contribution in [0.3, 0.4) is 0 Å². The molecule has 108 valence electrons. The highest BCUT2D eigenvalue weighted by atomic mass is 32.1. The Morgan fingerprint density at radius 2 is 2.14 bits per heavy atom. The third kappa shape index (κ3) is 3.15. The number of benzene rings is 1. The molecule has 1 atom stereocenters. The fourth-order valence-corrected chi connectivity index (χ4v) is 3.14. The van der Waals surface area contributed by atoms with Crippen molar-refractivity contribution in [1.29, 1.82) is 0 Å². The van der Waals surface area contributed by atoms with Crippen molar-refractivity contribution in [1.82, 2.24) is 5.32 Å². The van der Waals surface area contributed by atoms with Gasteiger partial charge >= 0.3 is 5.97 Å². The second-order valence-corrected chi connectivity index (χ2v) is 5.78. The Balaban J connectivity index is 1.76. The van der Waals surface area contributed by atoms with E-state index in [-0.39, 0.29) is 12.5 Å². The molecular formula is C16H15NO3S. The Hall–Kier alpha value is -2.11. The number of fused-ring (bicyclic) bond motifs is 1. The van der Waals surface area contributed by atoms with Gasteiger partial charge in [0.2, 0.25) is 0 Å². The van der Waals surface area contributed by atoms with Crippen molar-refractivity contribution in [3.8, 4) is 0 Å². The first kappa shape index (κ1) is 13.9. The van der Waals surface area contributed by atoms with E-state index in [1.807, 2.05) is 41.8 Å². The molecular weight excluding hydrogens is 286 g/mol. The first-order chi connectivity index (χ1) is 10.2. The number of nitrogens with one attached hydrogen (secondary N) is 1. The lowest BCUT2D eigenvalue weighted by Crippen LogP contribution is -2.22. The van der Waals surface area contributed by atoms with Crippen LogP contribution in [0.15, 0.2) is 52.5 Å². The summed E-state index contributed by atoms with van der Waals surface area (Å²) in [5.41, 5.74) is 1.89. The van der Waals surface area contributed by atoms with Crippen molar-refractivity contribution < 1.29 is 14.3 Å². The van der Waals surface area contributed by atoms with Gasteiger partial charge in [0, 0.05) is 22.4 Å². The summed E-state index contributed by atoms with van der Waals surface area (Å²) in [6.45, 7) is 0.576. The SMILES string of the molecule is O=C(O)CC(NCc1coc2ccccc12)c1cccs1. The van der Waals surface area contributed by atoms with Crippen LogP contribution in [0.4, 0.5) is 0 Å². The maximum Gasteiger partial charge on any atom is 0.305 e. The van der Waals surface area contributed by atoms with E-state index in [4.69, 9.17) is 9.52 Å². The van der Waals surface area contributed by atoms with Gasteiger partial charge in [-0.05, 0) is 17.5 Å². The van der Waals surface area contributed by atoms with Gasteiger partial charge in [0.05, 0.1) is 18.7 Å². The molecule has 0 saturated heterocycles. The molecule has 0 spiro atoms. The lowest BCUT2D eigenvalue weighted by atomic mass is 10.1. The van der Waals surface area contributed by atoms with Gasteiger partial charge in [-0.1, -0.05) is 24.3 Å². The van der Waals surface area contributed by atoms with Crippen LogP contribution in [0.1, 0.15) is 22.9 Å². The molecule has 3 rings (SSSR count). The third-order valence-electron chi connectivity index (χ3n) is 3.37. The van der Waals surface area contributed by atoms with E-state index in [9.17, 15) is 4.79 Å². The van der Waals surface area contributed by atoms with Crippen molar-refractivity contribution in [3.63, 3.8) is 0 Å². The number of thiophene rings is 1. The van der Waals surface area contributed by atoms with Crippen molar-refractivity contribution >= 4 is 28.3 Å². The van der Waals surface area contributed by atoms with E-state index in [0.29, 0.717) is 6.54 Å². The van der Waals surface area contributed by atoms with Crippen molar-refractivity contribution in [2.45, 2.75) is 19.0 Å². The zero-order chi connectivity index (χ0) is 14.7. The highest BCUT2D eigenvalue weighted by Crippen LogP contribution is 2.25. The second-order valence-electron chi connectivity index (χ2n) is 4.80. The first-order valence-corrected chi connectivity index (χ1v) is 7.55. The number of hydrogen-bond donors (Lipinski definition) is 2. The molecule has 1 aromatic carbocycles. The molecule has 0 saturated carbocycles. The van der Waals surface area contributed by atoms with Crippen molar-refractivity contribution in [3.05, 3.63) is 58.5 Å². The highest BCUT2D eigenvalue weighted by Gasteiger charge is 2.17. The van der Waals surface area contributed by atoms with Crippen LogP contribution in [0.25, 0.3) is 11.0 Å². The predicted molar refractivity (Wildman–Crippen MR) is 82.4 cm³/mol. The molecule has 4 nitrogen and oxygen atoms in total. The molecule has 5 heteroatoms. The lowest BCUT2D eigenvalue weighted by Gasteiger charge is -2.15. The molecule has 0 bridgehead atoms. The second kappa shape index (κ2) is 6.11. The molecule has 0 radical (unpaired) electrons. The molecule has 0 fully saturated rings. The van der Waals surface area contributed by atoms with Crippen LogP contribution in [-0.2, 0) is 11.3 Å². The Labute approximate surface area is 126 Å². The number of carbonyl (C=O) groups is 1. The molecule has 0 aliphatic heterocycles. The molecule has 0 aliphatic carbocycles. The van der Waals surface area contributed by atoms with Crippen molar-refractivity contribution in [2.75, 3.05) is 0 Å². The van der Waals surface area contributed by atoms with E-state index < -0.39 is 5.97 Å². The van der Waals surface area contributed by atoms with Gasteiger partial charge < -0.3 is 14.8 Å². The topological polar surface area (TPSA) is 62.5 Å². The summed E-state index contributed by atoms with van der Waals surface area (Å²) in [4.78, 5) is 12.1. The minimum atomic E-state index is -0.807. The summed E-state index contributed by atoms with van der Waals surface area (Å²) in [5, 5.41) is 15.4. The van der Waals surface area contributed by atoms with Gasteiger partial charge in [0.1, 0.15) is 5.58 Å². The van der Waals surface area contributed by atoms with Gasteiger partial charge in [0.25, 0.3) is 0 Å². The Morgan fingerprint density at radius 1 is 1.29 bits per heavy atom. The quantitative estimate of drug-likeness (QED) is 0.727. The van der Waals surface area contributed by atoms with Crippen LogP contribution in [0.2, 0.25) is 0 Å². The fourth-order valence-electron chi connectivity index (χ4n) is 2.34. The van der Waals surface area contributed by atoms with Gasteiger partial charge in [-0.25, -0.2) is 0 Å². The summed E-state index contributed by atoms with van der Waals surface area (Å²) in [7, 11) is 0. The maximum atomic E-state index is 11.0. The van der Waals surface area contributed by atoms with E-state index in [1.165, 1.54) is 0 Å². The maximum absolute atomic E-state index is 11.0. The summed E-state index contributed by atoms with van der Waals surface area (Å²) < 4.78 is 5.50. The third-order valence-corrected chi connectivity index (χ3v) is 4.35. The summed E-state index contributed by atoms with van der Waals surface area (Å²) in [5.74, 6) is -0.807. The summed E-state index contributed by atoms with van der Waals surface area (Å²) >= 11 is 1.56. The molecule has 3 aromatic rings. The average Bonchev–Trinajstić information content (AvgIpc) is 3.13. The molecule has 2 heterocycles. The fraction of sp³-hybridized carbons (Fsp3) is 0.188. The summed E-state index contributed by atoms with van der Waals surface area (Å²) in [6.07, 6.45) is 1.79. The number of aliphatic carboxylic acids is 1. The predicted octanol–water partition coefficient (Wildman–Crippen LogP) is 3.80. The standard InChI is InChI=1S/C16H15NO3S/c18-16(19)8-13(15-6-3-7-21-15)17-9-11-10-20-14-5-2-1-4-12(11)14/h1-7,10,13,17H,8-9H2,(H,18,19). The number of hydrogen-bond acceptors (Lipinski definition) is 4. The molecule has 1 unspecified atom stereocenters. The van der Waals surface area contributed by atoms with Crippen LogP contribution >= 0.6 is 11.3 Å². The Morgan fingerprint density at radius 3 is 2.90 bits per heavy atom. The van der Waals surface area contributed by atoms with Crippen LogP contribution < -0.4 is 5.32 Å². The molecule has 2 N–H and O–H groups in total. The number of furan rings is 1. The highest BCUT2D eigenvalue weighted by molar-refractivity contribution is 7.10. The van der Waals surface area contributed by atoms with E-state index >= 15 is 0 Å². The van der Waals surface area contributed by atoms with Crippen LogP contribution in [0, 0.1) is 0 Å². The van der Waals surface area contributed by atoms with Gasteiger partial charge in [0.15, 0.2) is 0 Å². The average molecular weight is 301 g/mol. The molecule has 0 aliphatic rings. The smallest absolute Gasteiger partial charge is 0.305 e. The minimum absolute atomic E-state index is 0.0658. The number of carboxylic acid groups (broad SMARTS) is 1. The van der Waals surface area contributed by atoms with Crippen LogP contribution in [0.5, 0.6) is 0 Å². The monoisotopic (exact) mass is 301 g/mol. The van der Waals surface area contributed by atoms with Crippen molar-refractivity contribution in [2.24, 2.45) is 0 Å². The lowest BCUT2D eigenvalue weighted by molar-refractivity contribution is -0.137. The minimum Gasteiger partial charge on any atom is -0.481 e. The molecule has 2 aromatic heterocycles. The Bertz CT molecular complexity index is 733.